The first-order valence-electron chi connectivity index (χ1n) is 12.1. The monoisotopic (exact) mass is 466 g/mol. The number of nitrogens with one attached hydrogen (secondary N) is 1. The number of aryl methyl sites for hydroxylation is 2. The topological polar surface area (TPSA) is 107 Å². The second-order valence-corrected chi connectivity index (χ2v) is 8.93. The van der Waals surface area contributed by atoms with E-state index in [2.05, 4.69) is 24.4 Å². The van der Waals surface area contributed by atoms with Gasteiger partial charge in [-0.1, -0.05) is 55.8 Å². The Morgan fingerprint density at radius 3 is 2.15 bits per heavy atom. The van der Waals surface area contributed by atoms with Crippen molar-refractivity contribution in [3.63, 3.8) is 0 Å². The third-order valence-electron chi connectivity index (χ3n) is 6.35. The molecule has 0 bridgehead atoms. The van der Waals surface area contributed by atoms with Gasteiger partial charge in [0.2, 0.25) is 0 Å². The molecule has 1 amide bonds. The van der Waals surface area contributed by atoms with Crippen molar-refractivity contribution in [3.05, 3.63) is 70.8 Å². The van der Waals surface area contributed by atoms with Crippen LogP contribution in [0.25, 0.3) is 0 Å². The third-order valence-corrected chi connectivity index (χ3v) is 6.35. The second-order valence-electron chi connectivity index (χ2n) is 8.93. The van der Waals surface area contributed by atoms with Crippen molar-refractivity contribution < 1.29 is 24.6 Å². The van der Waals surface area contributed by atoms with E-state index in [9.17, 15) is 24.6 Å². The summed E-state index contributed by atoms with van der Waals surface area (Å²) in [6, 6.07) is 13.8. The Morgan fingerprint density at radius 2 is 1.53 bits per heavy atom. The second kappa shape index (κ2) is 12.3. The van der Waals surface area contributed by atoms with E-state index < -0.39 is 24.0 Å². The molecule has 1 aliphatic heterocycles. The number of hydrogen-bond acceptors (Lipinski definition) is 4. The summed E-state index contributed by atoms with van der Waals surface area (Å²) in [5.41, 5.74) is 4.04. The Balaban J connectivity index is 1.46. The number of benzene rings is 2. The minimum atomic E-state index is -1.06. The average molecular weight is 467 g/mol. The zero-order valence-electron chi connectivity index (χ0n) is 19.7. The summed E-state index contributed by atoms with van der Waals surface area (Å²) in [5, 5.41) is 22.1. The van der Waals surface area contributed by atoms with Crippen LogP contribution in [0.5, 0.6) is 0 Å². The molecule has 0 fully saturated rings. The van der Waals surface area contributed by atoms with Crippen LogP contribution >= 0.6 is 0 Å². The van der Waals surface area contributed by atoms with Gasteiger partial charge < -0.3 is 15.1 Å². The Kier molecular flexibility index (Phi) is 9.22. The zero-order chi connectivity index (χ0) is 24.5. The number of rotatable bonds is 14. The molecule has 7 nitrogen and oxygen atoms in total. The molecule has 0 radical (unpaired) electrons. The van der Waals surface area contributed by atoms with Crippen LogP contribution in [0.3, 0.4) is 0 Å². The van der Waals surface area contributed by atoms with Gasteiger partial charge in [-0.2, -0.15) is 0 Å². The van der Waals surface area contributed by atoms with Crippen molar-refractivity contribution >= 4 is 17.8 Å². The molecular formula is C27H34N2O5. The molecule has 182 valence electrons. The van der Waals surface area contributed by atoms with Crippen LogP contribution in [0.4, 0.5) is 0 Å². The SMILES string of the molecule is CCCc1ccc(CCC(N[C@H](CCCCN2Cc3ccccc3C2=O)C(=O)O)C(=O)O)cc1. The first-order valence-corrected chi connectivity index (χ1v) is 12.1. The maximum atomic E-state index is 12.4. The fraction of sp³-hybridized carbons (Fsp3) is 0.444. The van der Waals surface area contributed by atoms with Crippen molar-refractivity contribution in [2.75, 3.05) is 6.54 Å². The van der Waals surface area contributed by atoms with E-state index in [0.717, 1.165) is 29.5 Å². The Labute approximate surface area is 200 Å². The maximum Gasteiger partial charge on any atom is 0.320 e. The standard InChI is InChI=1S/C27H34N2O5/c1-2-7-19-11-13-20(14-12-19)15-16-24(27(33)34)28-23(26(31)32)10-5-6-17-29-18-21-8-3-4-9-22(21)25(29)30/h3-4,8-9,11-14,23-24,28H,2,5-7,10,15-18H2,1H3,(H,31,32)(H,33,34)/t23-,24?/m1/s1. The molecule has 1 heterocycles. The van der Waals surface area contributed by atoms with Gasteiger partial charge in [0.1, 0.15) is 12.1 Å². The molecule has 2 aromatic carbocycles. The molecule has 2 atom stereocenters. The molecule has 3 N–H and O–H groups in total. The fourth-order valence-corrected chi connectivity index (χ4v) is 4.42. The van der Waals surface area contributed by atoms with Gasteiger partial charge in [-0.05, 0) is 61.3 Å². The molecule has 1 unspecified atom stereocenters. The highest BCUT2D eigenvalue weighted by molar-refractivity contribution is 5.98. The predicted octanol–water partition coefficient (Wildman–Crippen LogP) is 3.89. The van der Waals surface area contributed by atoms with E-state index in [4.69, 9.17) is 0 Å². The number of amides is 1. The van der Waals surface area contributed by atoms with Crippen LogP contribution in [0.2, 0.25) is 0 Å². The van der Waals surface area contributed by atoms with Gasteiger partial charge in [0.25, 0.3) is 5.91 Å². The van der Waals surface area contributed by atoms with Crippen LogP contribution in [-0.2, 0) is 29.0 Å². The van der Waals surface area contributed by atoms with Gasteiger partial charge in [0.15, 0.2) is 0 Å². The number of hydrogen-bond donors (Lipinski definition) is 3. The first kappa shape index (κ1) is 25.4. The van der Waals surface area contributed by atoms with Gasteiger partial charge in [-0.15, -0.1) is 0 Å². The molecule has 7 heteroatoms. The third kappa shape index (κ3) is 6.90. The van der Waals surface area contributed by atoms with Crippen molar-refractivity contribution in [1.29, 1.82) is 0 Å². The number of aliphatic carboxylic acids is 2. The van der Waals surface area contributed by atoms with Crippen LogP contribution in [0.1, 0.15) is 66.1 Å². The Morgan fingerprint density at radius 1 is 0.912 bits per heavy atom. The van der Waals surface area contributed by atoms with Gasteiger partial charge in [-0.25, -0.2) is 0 Å². The average Bonchev–Trinajstić information content (AvgIpc) is 3.14. The van der Waals surface area contributed by atoms with E-state index in [1.54, 1.807) is 4.90 Å². The lowest BCUT2D eigenvalue weighted by Crippen LogP contribution is -2.47. The summed E-state index contributed by atoms with van der Waals surface area (Å²) in [7, 11) is 0. The molecule has 0 spiro atoms. The summed E-state index contributed by atoms with van der Waals surface area (Å²) in [6.45, 7) is 3.26. The van der Waals surface area contributed by atoms with E-state index in [1.807, 2.05) is 36.4 Å². The van der Waals surface area contributed by atoms with Crippen LogP contribution < -0.4 is 5.32 Å². The van der Waals surface area contributed by atoms with Crippen molar-refractivity contribution in [1.82, 2.24) is 10.2 Å². The van der Waals surface area contributed by atoms with Crippen molar-refractivity contribution in [2.24, 2.45) is 0 Å². The molecule has 0 saturated carbocycles. The van der Waals surface area contributed by atoms with Gasteiger partial charge in [0, 0.05) is 18.7 Å². The lowest BCUT2D eigenvalue weighted by Gasteiger charge is -2.21. The summed E-state index contributed by atoms with van der Waals surface area (Å²) in [4.78, 5) is 37.8. The molecule has 0 saturated heterocycles. The molecule has 1 aliphatic rings. The number of carbonyl (C=O) groups is 3. The number of unbranched alkanes of at least 4 members (excludes halogenated alkanes) is 1. The highest BCUT2D eigenvalue weighted by Gasteiger charge is 2.28. The predicted molar refractivity (Wildman–Crippen MR) is 130 cm³/mol. The van der Waals surface area contributed by atoms with E-state index in [1.165, 1.54) is 5.56 Å². The number of carbonyl (C=O) groups excluding carboxylic acids is 1. The van der Waals surface area contributed by atoms with Gasteiger partial charge in [0.05, 0.1) is 0 Å². The lowest BCUT2D eigenvalue weighted by atomic mass is 10.0. The molecule has 3 rings (SSSR count). The van der Waals surface area contributed by atoms with E-state index in [0.29, 0.717) is 45.2 Å². The van der Waals surface area contributed by atoms with Crippen LogP contribution in [0.15, 0.2) is 48.5 Å². The van der Waals surface area contributed by atoms with Crippen molar-refractivity contribution in [3.8, 4) is 0 Å². The maximum absolute atomic E-state index is 12.4. The first-order chi connectivity index (χ1) is 16.4. The largest absolute Gasteiger partial charge is 0.480 e. The Hall–Kier alpha value is -3.19. The summed E-state index contributed by atoms with van der Waals surface area (Å²) >= 11 is 0. The van der Waals surface area contributed by atoms with Crippen LogP contribution in [0, 0.1) is 0 Å². The number of fused-ring (bicyclic) bond motifs is 1. The van der Waals surface area contributed by atoms with E-state index in [-0.39, 0.29) is 5.91 Å². The summed E-state index contributed by atoms with van der Waals surface area (Å²) < 4.78 is 0. The Bertz CT molecular complexity index is 989. The molecule has 0 aliphatic carbocycles. The zero-order valence-corrected chi connectivity index (χ0v) is 19.7. The molecular weight excluding hydrogens is 432 g/mol. The number of nitrogens with zero attached hydrogens (tertiary/aromatic N) is 1. The highest BCUT2D eigenvalue weighted by Crippen LogP contribution is 2.22. The minimum absolute atomic E-state index is 0.0113. The number of carboxylic acids is 2. The molecule has 2 aromatic rings. The highest BCUT2D eigenvalue weighted by atomic mass is 16.4. The smallest absolute Gasteiger partial charge is 0.320 e. The quantitative estimate of drug-likeness (QED) is 0.365. The van der Waals surface area contributed by atoms with Crippen LogP contribution in [-0.4, -0.2) is 51.6 Å². The van der Waals surface area contributed by atoms with Gasteiger partial charge >= 0.3 is 11.9 Å². The van der Waals surface area contributed by atoms with Gasteiger partial charge in [-0.3, -0.25) is 19.7 Å². The minimum Gasteiger partial charge on any atom is -0.480 e. The fourth-order valence-electron chi connectivity index (χ4n) is 4.42. The molecule has 34 heavy (non-hydrogen) atoms. The van der Waals surface area contributed by atoms with E-state index >= 15 is 0 Å². The lowest BCUT2D eigenvalue weighted by molar-refractivity contribution is -0.142. The van der Waals surface area contributed by atoms with Crippen molar-refractivity contribution in [2.45, 2.75) is 70.5 Å². The number of carboxylic acid groups (broad SMARTS) is 2. The normalized spacial score (nSPS) is 14.6. The summed E-state index contributed by atoms with van der Waals surface area (Å²) in [5.74, 6) is -2.09. The molecule has 0 aromatic heterocycles. The summed E-state index contributed by atoms with van der Waals surface area (Å²) in [6.07, 6.45) is 4.50.